The molecule has 0 saturated carbocycles. The van der Waals surface area contributed by atoms with Gasteiger partial charge >= 0.3 is 0 Å². The van der Waals surface area contributed by atoms with Gasteiger partial charge < -0.3 is 9.64 Å². The first kappa shape index (κ1) is 16.7. The molecule has 4 nitrogen and oxygen atoms in total. The van der Waals surface area contributed by atoms with Gasteiger partial charge in [-0.15, -0.1) is 0 Å². The number of rotatable bonds is 7. The van der Waals surface area contributed by atoms with E-state index in [9.17, 15) is 4.79 Å². The van der Waals surface area contributed by atoms with Crippen LogP contribution in [0.15, 0.2) is 61.4 Å². The minimum Gasteiger partial charge on any atom is -0.481 e. The Morgan fingerprint density at radius 1 is 1.26 bits per heavy atom. The Kier molecular flexibility index (Phi) is 5.92. The topological polar surface area (TPSA) is 42.4 Å². The summed E-state index contributed by atoms with van der Waals surface area (Å²) in [7, 11) is 0. The second-order valence-corrected chi connectivity index (χ2v) is 5.03. The highest BCUT2D eigenvalue weighted by Gasteiger charge is 2.19. The number of hydrogen-bond donors (Lipinski definition) is 0. The Bertz CT molecular complexity index is 651. The summed E-state index contributed by atoms with van der Waals surface area (Å²) in [6.07, 6.45) is 4.59. The lowest BCUT2D eigenvalue weighted by atomic mass is 10.1. The number of carbonyl (C=O) groups excluding carboxylic acids is 1. The summed E-state index contributed by atoms with van der Waals surface area (Å²) in [4.78, 5) is 18.4. The molecule has 0 aliphatic carbocycles. The van der Waals surface area contributed by atoms with E-state index in [0.29, 0.717) is 24.4 Å². The van der Waals surface area contributed by atoms with Gasteiger partial charge in [-0.1, -0.05) is 36.9 Å². The zero-order valence-electron chi connectivity index (χ0n) is 13.6. The van der Waals surface area contributed by atoms with E-state index in [4.69, 9.17) is 4.74 Å². The average Bonchev–Trinajstić information content (AvgIpc) is 2.61. The largest absolute Gasteiger partial charge is 0.481 e. The molecule has 0 saturated heterocycles. The monoisotopic (exact) mass is 310 g/mol. The molecule has 120 valence electrons. The molecule has 1 unspecified atom stereocenters. The molecule has 0 radical (unpaired) electrons. The highest BCUT2D eigenvalue weighted by molar-refractivity contribution is 5.96. The summed E-state index contributed by atoms with van der Waals surface area (Å²) in [6.45, 7) is 9.04. The van der Waals surface area contributed by atoms with Crippen molar-refractivity contribution in [1.29, 1.82) is 0 Å². The summed E-state index contributed by atoms with van der Waals surface area (Å²) in [5.74, 6) is 0.444. The molecule has 1 amide bonds. The fraction of sp³-hybridized carbons (Fsp3) is 0.263. The minimum absolute atomic E-state index is 0.0750. The Hall–Kier alpha value is -2.62. The van der Waals surface area contributed by atoms with Gasteiger partial charge in [0.2, 0.25) is 0 Å². The van der Waals surface area contributed by atoms with Crippen LogP contribution in [0.2, 0.25) is 0 Å². The van der Waals surface area contributed by atoms with Crippen molar-refractivity contribution < 1.29 is 9.53 Å². The van der Waals surface area contributed by atoms with Crippen LogP contribution in [0.5, 0.6) is 5.75 Å². The summed E-state index contributed by atoms with van der Waals surface area (Å²) >= 11 is 0. The van der Waals surface area contributed by atoms with Crippen LogP contribution in [0.3, 0.4) is 0 Å². The molecule has 0 fully saturated rings. The van der Waals surface area contributed by atoms with E-state index in [2.05, 4.69) is 11.6 Å². The molecule has 0 aliphatic rings. The van der Waals surface area contributed by atoms with Gasteiger partial charge in [0, 0.05) is 25.5 Å². The van der Waals surface area contributed by atoms with Crippen LogP contribution in [0.1, 0.15) is 35.9 Å². The molecular formula is C19H22N2O2. The molecule has 0 N–H and O–H groups in total. The van der Waals surface area contributed by atoms with Crippen LogP contribution in [-0.4, -0.2) is 28.9 Å². The van der Waals surface area contributed by atoms with Crippen molar-refractivity contribution in [2.45, 2.75) is 20.0 Å². The third-order valence-electron chi connectivity index (χ3n) is 3.66. The van der Waals surface area contributed by atoms with Crippen molar-refractivity contribution in [3.63, 3.8) is 0 Å². The van der Waals surface area contributed by atoms with Crippen LogP contribution in [0.4, 0.5) is 0 Å². The van der Waals surface area contributed by atoms with Crippen LogP contribution in [-0.2, 0) is 0 Å². The number of hydrogen-bond acceptors (Lipinski definition) is 3. The van der Waals surface area contributed by atoms with Crippen molar-refractivity contribution in [3.05, 3.63) is 72.6 Å². The highest BCUT2D eigenvalue weighted by atomic mass is 16.5. The number of benzene rings is 1. The van der Waals surface area contributed by atoms with Crippen molar-refractivity contribution >= 4 is 5.91 Å². The maximum Gasteiger partial charge on any atom is 0.259 e. The van der Waals surface area contributed by atoms with Crippen molar-refractivity contribution in [3.8, 4) is 5.75 Å². The molecule has 0 spiro atoms. The first-order valence-corrected chi connectivity index (χ1v) is 7.78. The second kappa shape index (κ2) is 8.13. The fourth-order valence-corrected chi connectivity index (χ4v) is 2.36. The summed E-state index contributed by atoms with van der Waals surface area (Å²) in [6, 6.07) is 11.5. The molecule has 2 rings (SSSR count). The standard InChI is InChI=1S/C19H22N2O2/c1-4-17(15-10-8-7-9-11-15)23-18-12-13-20-14-16(18)19(22)21(5-2)6-3/h4,7-14,17H,1,5-6H2,2-3H3. The molecule has 0 bridgehead atoms. The zero-order chi connectivity index (χ0) is 16.7. The first-order valence-electron chi connectivity index (χ1n) is 7.78. The predicted molar refractivity (Wildman–Crippen MR) is 91.5 cm³/mol. The Labute approximate surface area is 137 Å². The highest BCUT2D eigenvalue weighted by Crippen LogP contribution is 2.26. The number of aromatic nitrogens is 1. The Morgan fingerprint density at radius 3 is 2.57 bits per heavy atom. The van der Waals surface area contributed by atoms with Gasteiger partial charge in [-0.05, 0) is 31.6 Å². The molecule has 2 aromatic rings. The molecule has 1 heterocycles. The molecule has 1 aromatic heterocycles. The average molecular weight is 310 g/mol. The second-order valence-electron chi connectivity index (χ2n) is 5.03. The van der Waals surface area contributed by atoms with Gasteiger partial charge in [0.15, 0.2) is 0 Å². The Balaban J connectivity index is 2.30. The number of amides is 1. The molecule has 23 heavy (non-hydrogen) atoms. The normalized spacial score (nSPS) is 11.6. The fourth-order valence-electron chi connectivity index (χ4n) is 2.36. The molecule has 1 aromatic carbocycles. The molecule has 0 aliphatic heterocycles. The van der Waals surface area contributed by atoms with Gasteiger partial charge in [0.05, 0.1) is 5.56 Å². The number of carbonyl (C=O) groups is 1. The van der Waals surface area contributed by atoms with Gasteiger partial charge in [-0.25, -0.2) is 0 Å². The smallest absolute Gasteiger partial charge is 0.259 e. The lowest BCUT2D eigenvalue weighted by molar-refractivity contribution is 0.0766. The van der Waals surface area contributed by atoms with Crippen molar-refractivity contribution in [2.75, 3.05) is 13.1 Å². The van der Waals surface area contributed by atoms with E-state index in [1.807, 2.05) is 44.2 Å². The lowest BCUT2D eigenvalue weighted by Gasteiger charge is -2.22. The molecule has 4 heteroatoms. The number of nitrogens with zero attached hydrogens (tertiary/aromatic N) is 2. The van der Waals surface area contributed by atoms with E-state index in [0.717, 1.165) is 5.56 Å². The summed E-state index contributed by atoms with van der Waals surface area (Å²) in [5, 5.41) is 0. The van der Waals surface area contributed by atoms with E-state index in [1.54, 1.807) is 29.4 Å². The third kappa shape index (κ3) is 3.97. The van der Waals surface area contributed by atoms with Gasteiger partial charge in [-0.3, -0.25) is 9.78 Å². The van der Waals surface area contributed by atoms with E-state index < -0.39 is 0 Å². The number of ether oxygens (including phenoxy) is 1. The van der Waals surface area contributed by atoms with Crippen LogP contribution in [0.25, 0.3) is 0 Å². The summed E-state index contributed by atoms with van der Waals surface area (Å²) in [5.41, 5.74) is 1.46. The molecular weight excluding hydrogens is 288 g/mol. The van der Waals surface area contributed by atoms with Gasteiger partial charge in [0.25, 0.3) is 5.91 Å². The van der Waals surface area contributed by atoms with Crippen molar-refractivity contribution in [1.82, 2.24) is 9.88 Å². The number of pyridine rings is 1. The first-order chi connectivity index (χ1) is 11.2. The minimum atomic E-state index is -0.318. The Morgan fingerprint density at radius 2 is 1.96 bits per heavy atom. The predicted octanol–water partition coefficient (Wildman–Crippen LogP) is 3.87. The van der Waals surface area contributed by atoms with Crippen LogP contribution < -0.4 is 4.74 Å². The van der Waals surface area contributed by atoms with E-state index in [-0.39, 0.29) is 12.0 Å². The van der Waals surface area contributed by atoms with Crippen molar-refractivity contribution in [2.24, 2.45) is 0 Å². The van der Waals surface area contributed by atoms with E-state index >= 15 is 0 Å². The quantitative estimate of drug-likeness (QED) is 0.729. The van der Waals surface area contributed by atoms with Crippen LogP contribution in [0, 0.1) is 0 Å². The van der Waals surface area contributed by atoms with Gasteiger partial charge in [0.1, 0.15) is 11.9 Å². The maximum atomic E-state index is 12.6. The SMILES string of the molecule is C=CC(Oc1ccncc1C(=O)N(CC)CC)c1ccccc1. The zero-order valence-corrected chi connectivity index (χ0v) is 13.6. The van der Waals surface area contributed by atoms with Gasteiger partial charge in [-0.2, -0.15) is 0 Å². The maximum absolute atomic E-state index is 12.6. The lowest BCUT2D eigenvalue weighted by Crippen LogP contribution is -2.31. The van der Waals surface area contributed by atoms with Crippen LogP contribution >= 0.6 is 0 Å². The third-order valence-corrected chi connectivity index (χ3v) is 3.66. The molecule has 1 atom stereocenters. The van der Waals surface area contributed by atoms with E-state index in [1.165, 1.54) is 0 Å². The summed E-state index contributed by atoms with van der Waals surface area (Å²) < 4.78 is 6.04.